The summed E-state index contributed by atoms with van der Waals surface area (Å²) < 4.78 is 2.36. The van der Waals surface area contributed by atoms with Gasteiger partial charge in [0.15, 0.2) is 5.82 Å². The summed E-state index contributed by atoms with van der Waals surface area (Å²) in [5.41, 5.74) is 10.9. The molecule has 0 aliphatic heterocycles. The van der Waals surface area contributed by atoms with Gasteiger partial charge >= 0.3 is 0 Å². The average Bonchev–Trinajstić information content (AvgIpc) is 3.49. The van der Waals surface area contributed by atoms with Crippen LogP contribution in [0.4, 0.5) is 0 Å². The molecule has 2 aromatic heterocycles. The van der Waals surface area contributed by atoms with Crippen LogP contribution < -0.4 is 0 Å². The van der Waals surface area contributed by atoms with Gasteiger partial charge in [-0.1, -0.05) is 140 Å². The van der Waals surface area contributed by atoms with Crippen LogP contribution in [0.1, 0.15) is 0 Å². The highest BCUT2D eigenvalue weighted by atomic mass is 15.0. The smallest absolute Gasteiger partial charge is 0.161 e. The number of hydrogen-bond donors (Lipinski definition) is 0. The van der Waals surface area contributed by atoms with Crippen LogP contribution in [0.5, 0.6) is 0 Å². The van der Waals surface area contributed by atoms with E-state index in [1.54, 1.807) is 0 Å². The van der Waals surface area contributed by atoms with E-state index < -0.39 is 0 Å². The highest BCUT2D eigenvalue weighted by Gasteiger charge is 2.16. The van der Waals surface area contributed by atoms with Gasteiger partial charge in [0.2, 0.25) is 0 Å². The molecule has 0 spiro atoms. The standard InChI is InChI=1S/C44H29N3/c1-3-13-31(14-4-1)40-29-41(32-15-5-2-6-16-32)46-44(45-40)39-28-27-34(35-17-7-8-18-36(35)39)30-23-25-33(26-24-30)47-42-21-11-9-19-37(42)38-20-10-12-22-43(38)47/h1-29H. The molecular formula is C44H29N3. The fraction of sp³-hybridized carbons (Fsp3) is 0. The molecule has 9 aromatic rings. The first-order valence-corrected chi connectivity index (χ1v) is 15.9. The molecule has 0 saturated carbocycles. The molecule has 0 atom stereocenters. The minimum absolute atomic E-state index is 0.717. The van der Waals surface area contributed by atoms with Gasteiger partial charge in [-0.2, -0.15) is 0 Å². The lowest BCUT2D eigenvalue weighted by molar-refractivity contribution is 1.18. The molecule has 7 aromatic carbocycles. The second-order valence-electron chi connectivity index (χ2n) is 11.8. The molecule has 3 nitrogen and oxygen atoms in total. The number of aromatic nitrogens is 3. The maximum absolute atomic E-state index is 5.13. The predicted octanol–water partition coefficient (Wildman–Crippen LogP) is 11.4. The number of benzene rings is 7. The number of nitrogens with zero attached hydrogens (tertiary/aromatic N) is 3. The quantitative estimate of drug-likeness (QED) is 0.197. The topological polar surface area (TPSA) is 30.7 Å². The summed E-state index contributed by atoms with van der Waals surface area (Å²) in [4.78, 5) is 10.3. The molecule has 47 heavy (non-hydrogen) atoms. The molecule has 3 heteroatoms. The molecule has 0 amide bonds. The Morgan fingerprint density at radius 2 is 0.787 bits per heavy atom. The third-order valence-electron chi connectivity index (χ3n) is 9.05. The Morgan fingerprint density at radius 1 is 0.340 bits per heavy atom. The van der Waals surface area contributed by atoms with Crippen molar-refractivity contribution in [2.45, 2.75) is 0 Å². The van der Waals surface area contributed by atoms with E-state index in [4.69, 9.17) is 9.97 Å². The van der Waals surface area contributed by atoms with Gasteiger partial charge in [-0.15, -0.1) is 0 Å². The zero-order valence-electron chi connectivity index (χ0n) is 25.6. The third kappa shape index (κ3) is 4.68. The van der Waals surface area contributed by atoms with Crippen LogP contribution in [0.3, 0.4) is 0 Å². The maximum Gasteiger partial charge on any atom is 0.161 e. The van der Waals surface area contributed by atoms with Crippen molar-refractivity contribution in [1.82, 2.24) is 14.5 Å². The molecule has 0 aliphatic rings. The third-order valence-corrected chi connectivity index (χ3v) is 9.05. The van der Waals surface area contributed by atoms with Gasteiger partial charge in [-0.25, -0.2) is 9.97 Å². The zero-order chi connectivity index (χ0) is 31.2. The van der Waals surface area contributed by atoms with Crippen molar-refractivity contribution in [3.8, 4) is 50.7 Å². The fourth-order valence-corrected chi connectivity index (χ4v) is 6.82. The van der Waals surface area contributed by atoms with E-state index >= 15 is 0 Å². The van der Waals surface area contributed by atoms with E-state index in [1.165, 1.54) is 38.3 Å². The normalized spacial score (nSPS) is 11.4. The second kappa shape index (κ2) is 11.2. The van der Waals surface area contributed by atoms with E-state index in [2.05, 4.69) is 168 Å². The van der Waals surface area contributed by atoms with Crippen molar-refractivity contribution in [2.75, 3.05) is 0 Å². The van der Waals surface area contributed by atoms with E-state index in [1.807, 2.05) is 12.1 Å². The lowest BCUT2D eigenvalue weighted by atomic mass is 9.94. The van der Waals surface area contributed by atoms with Crippen LogP contribution in [0.25, 0.3) is 83.3 Å². The number of hydrogen-bond acceptors (Lipinski definition) is 2. The maximum atomic E-state index is 5.13. The van der Waals surface area contributed by atoms with Gasteiger partial charge in [0.1, 0.15) is 0 Å². The van der Waals surface area contributed by atoms with E-state index in [0.717, 1.165) is 45.0 Å². The molecule has 0 unspecified atom stereocenters. The number of rotatable bonds is 5. The minimum atomic E-state index is 0.717. The second-order valence-corrected chi connectivity index (χ2v) is 11.8. The van der Waals surface area contributed by atoms with Crippen molar-refractivity contribution in [2.24, 2.45) is 0 Å². The molecular weight excluding hydrogens is 571 g/mol. The molecule has 0 aliphatic carbocycles. The molecule has 220 valence electrons. The Morgan fingerprint density at radius 3 is 1.34 bits per heavy atom. The van der Waals surface area contributed by atoms with Gasteiger partial charge < -0.3 is 4.57 Å². The van der Waals surface area contributed by atoms with Crippen molar-refractivity contribution in [1.29, 1.82) is 0 Å². The predicted molar refractivity (Wildman–Crippen MR) is 196 cm³/mol. The largest absolute Gasteiger partial charge is 0.309 e. The Kier molecular flexibility index (Phi) is 6.46. The summed E-state index contributed by atoms with van der Waals surface area (Å²) >= 11 is 0. The number of para-hydroxylation sites is 2. The van der Waals surface area contributed by atoms with Gasteiger partial charge in [-0.3, -0.25) is 0 Å². The summed E-state index contributed by atoms with van der Waals surface area (Å²) in [6.07, 6.45) is 0. The summed E-state index contributed by atoms with van der Waals surface area (Å²) in [6, 6.07) is 62.0. The van der Waals surface area contributed by atoms with Crippen LogP contribution in [-0.2, 0) is 0 Å². The fourth-order valence-electron chi connectivity index (χ4n) is 6.82. The van der Waals surface area contributed by atoms with Crippen LogP contribution in [0, 0.1) is 0 Å². The lowest BCUT2D eigenvalue weighted by Gasteiger charge is -2.14. The monoisotopic (exact) mass is 599 g/mol. The summed E-state index contributed by atoms with van der Waals surface area (Å²) in [5, 5.41) is 4.83. The minimum Gasteiger partial charge on any atom is -0.309 e. The van der Waals surface area contributed by atoms with Gasteiger partial charge in [-0.05, 0) is 58.3 Å². The lowest BCUT2D eigenvalue weighted by Crippen LogP contribution is -1.97. The molecule has 0 radical (unpaired) electrons. The first-order valence-electron chi connectivity index (χ1n) is 15.9. The van der Waals surface area contributed by atoms with E-state index in [9.17, 15) is 0 Å². The van der Waals surface area contributed by atoms with E-state index in [-0.39, 0.29) is 0 Å². The Labute approximate surface area is 273 Å². The molecule has 0 fully saturated rings. The summed E-state index contributed by atoms with van der Waals surface area (Å²) in [5.74, 6) is 0.717. The highest BCUT2D eigenvalue weighted by Crippen LogP contribution is 2.37. The molecule has 0 N–H and O–H groups in total. The van der Waals surface area contributed by atoms with Gasteiger partial charge in [0.05, 0.1) is 22.4 Å². The van der Waals surface area contributed by atoms with Gasteiger partial charge in [0.25, 0.3) is 0 Å². The van der Waals surface area contributed by atoms with Crippen molar-refractivity contribution < 1.29 is 0 Å². The average molecular weight is 600 g/mol. The van der Waals surface area contributed by atoms with E-state index in [0.29, 0.717) is 0 Å². The first kappa shape index (κ1) is 27.0. The Hall–Kier alpha value is -6.32. The van der Waals surface area contributed by atoms with Crippen LogP contribution in [0.2, 0.25) is 0 Å². The van der Waals surface area contributed by atoms with Crippen LogP contribution in [-0.4, -0.2) is 14.5 Å². The Balaban J connectivity index is 1.17. The Bertz CT molecular complexity index is 2440. The van der Waals surface area contributed by atoms with Crippen molar-refractivity contribution in [3.05, 3.63) is 176 Å². The first-order chi connectivity index (χ1) is 23.3. The molecule has 0 bridgehead atoms. The summed E-state index contributed by atoms with van der Waals surface area (Å²) in [6.45, 7) is 0. The van der Waals surface area contributed by atoms with Crippen molar-refractivity contribution >= 4 is 32.6 Å². The molecule has 2 heterocycles. The van der Waals surface area contributed by atoms with Crippen LogP contribution >= 0.6 is 0 Å². The van der Waals surface area contributed by atoms with Crippen LogP contribution in [0.15, 0.2) is 176 Å². The SMILES string of the molecule is c1ccc(-c2cc(-c3ccccc3)nc(-c3ccc(-c4ccc(-n5c6ccccc6c6ccccc65)cc4)c4ccccc34)n2)cc1. The molecule has 0 saturated heterocycles. The number of fused-ring (bicyclic) bond motifs is 4. The summed E-state index contributed by atoms with van der Waals surface area (Å²) in [7, 11) is 0. The van der Waals surface area contributed by atoms with Gasteiger partial charge in [0, 0.05) is 33.2 Å². The zero-order valence-corrected chi connectivity index (χ0v) is 25.6. The molecule has 9 rings (SSSR count). The highest BCUT2D eigenvalue weighted by molar-refractivity contribution is 6.09. The van der Waals surface area contributed by atoms with Crippen molar-refractivity contribution in [3.63, 3.8) is 0 Å².